The van der Waals surface area contributed by atoms with Crippen LogP contribution in [0.1, 0.15) is 42.5 Å². The molecule has 0 radical (unpaired) electrons. The molecule has 1 aliphatic heterocycles. The number of esters is 2. The van der Waals surface area contributed by atoms with Crippen LogP contribution in [0, 0.1) is 11.7 Å². The van der Waals surface area contributed by atoms with Crippen LogP contribution < -0.4 is 10.6 Å². The van der Waals surface area contributed by atoms with Gasteiger partial charge >= 0.3 is 11.9 Å². The van der Waals surface area contributed by atoms with Gasteiger partial charge in [-0.1, -0.05) is 18.2 Å². The molecule has 3 aromatic rings. The van der Waals surface area contributed by atoms with Crippen molar-refractivity contribution in [2.75, 3.05) is 18.1 Å². The quantitative estimate of drug-likeness (QED) is 0.323. The van der Waals surface area contributed by atoms with Gasteiger partial charge in [0.25, 0.3) is 0 Å². The smallest absolute Gasteiger partial charge is 0.338 e. The molecular weight excluding hydrogens is 533 g/mol. The number of nitrogens with zero attached hydrogens (tertiary/aromatic N) is 2. The van der Waals surface area contributed by atoms with Gasteiger partial charge < -0.3 is 15.2 Å². The number of hydrogen-bond donors (Lipinski definition) is 1. The third-order valence-electron chi connectivity index (χ3n) is 7.07. The molecule has 0 saturated carbocycles. The highest BCUT2D eigenvalue weighted by Crippen LogP contribution is 2.52. The van der Waals surface area contributed by atoms with Crippen LogP contribution in [0.15, 0.2) is 89.0 Å². The van der Waals surface area contributed by atoms with E-state index >= 15 is 0 Å². The molecule has 3 atom stereocenters. The van der Waals surface area contributed by atoms with Gasteiger partial charge in [0.05, 0.1) is 30.4 Å². The number of halogens is 1. The molecule has 40 heavy (non-hydrogen) atoms. The first kappa shape index (κ1) is 27.3. The van der Waals surface area contributed by atoms with E-state index in [0.717, 1.165) is 4.88 Å². The standard InChI is InChI=1S/C30H28FN3O5S/c1-3-38-29(36)24-20(22-11-7-13-40-22)15-21-25(27(24)35)23(17-8-6-12-33-16-17)26(30(37)39-4-2)28(32)34(21)19-10-5-9-18(31)14-19/h5-14,16,20,23-24H,3-4,15,32H2,1-2H3/t20-,23+,24+/m0/s1. The third-order valence-corrected chi connectivity index (χ3v) is 8.07. The lowest BCUT2D eigenvalue weighted by molar-refractivity contribution is -0.152. The first-order valence-electron chi connectivity index (χ1n) is 13.0. The zero-order valence-electron chi connectivity index (χ0n) is 22.0. The summed E-state index contributed by atoms with van der Waals surface area (Å²) in [5, 5.41) is 1.88. The molecule has 0 amide bonds. The molecule has 2 N–H and O–H groups in total. The molecule has 1 aromatic carbocycles. The van der Waals surface area contributed by atoms with Gasteiger partial charge in [0.1, 0.15) is 17.6 Å². The van der Waals surface area contributed by atoms with Crippen LogP contribution in [0.2, 0.25) is 0 Å². The molecule has 0 spiro atoms. The summed E-state index contributed by atoms with van der Waals surface area (Å²) in [5.41, 5.74) is 8.33. The van der Waals surface area contributed by atoms with Crippen molar-refractivity contribution in [1.82, 2.24) is 4.98 Å². The number of ketones is 1. The van der Waals surface area contributed by atoms with Crippen LogP contribution in [0.25, 0.3) is 0 Å². The number of carbonyl (C=O) groups excluding carboxylic acids is 3. The molecule has 2 aromatic heterocycles. The highest BCUT2D eigenvalue weighted by Gasteiger charge is 2.51. The first-order chi connectivity index (χ1) is 19.4. The topological polar surface area (TPSA) is 112 Å². The van der Waals surface area contributed by atoms with Gasteiger partial charge in [0.15, 0.2) is 5.78 Å². The summed E-state index contributed by atoms with van der Waals surface area (Å²) in [6.07, 6.45) is 3.35. The summed E-state index contributed by atoms with van der Waals surface area (Å²) in [4.78, 5) is 48.0. The molecule has 10 heteroatoms. The minimum Gasteiger partial charge on any atom is -0.465 e. The predicted molar refractivity (Wildman–Crippen MR) is 148 cm³/mol. The number of ether oxygens (including phenoxy) is 2. The SMILES string of the molecule is CCOC(=O)C1=C(N)N(c2cccc(F)c2)C2=C(C(=O)[C@H](C(=O)OCC)[C@H](c3cccs3)C2)[C@H]1c1cccnc1. The van der Waals surface area contributed by atoms with Crippen LogP contribution in [-0.4, -0.2) is 35.9 Å². The zero-order chi connectivity index (χ0) is 28.4. The molecule has 8 nitrogen and oxygen atoms in total. The molecule has 0 saturated heterocycles. The van der Waals surface area contributed by atoms with E-state index in [2.05, 4.69) is 4.98 Å². The highest BCUT2D eigenvalue weighted by atomic mass is 32.1. The van der Waals surface area contributed by atoms with Crippen LogP contribution in [0.5, 0.6) is 0 Å². The van der Waals surface area contributed by atoms with Crippen LogP contribution >= 0.6 is 11.3 Å². The fourth-order valence-corrected chi connectivity index (χ4v) is 6.36. The number of benzene rings is 1. The van der Waals surface area contributed by atoms with Gasteiger partial charge in [0.2, 0.25) is 0 Å². The van der Waals surface area contributed by atoms with Gasteiger partial charge in [-0.15, -0.1) is 11.3 Å². The number of thiophene rings is 1. The van der Waals surface area contributed by atoms with Gasteiger partial charge in [-0.3, -0.25) is 19.5 Å². The Morgan fingerprint density at radius 1 is 1.12 bits per heavy atom. The molecule has 2 aliphatic rings. The summed E-state index contributed by atoms with van der Waals surface area (Å²) in [5.74, 6) is -4.99. The van der Waals surface area contributed by atoms with Crippen molar-refractivity contribution >= 4 is 34.7 Å². The Morgan fingerprint density at radius 3 is 2.58 bits per heavy atom. The molecular formula is C30H28FN3O5S. The van der Waals surface area contributed by atoms with E-state index in [0.29, 0.717) is 16.9 Å². The maximum atomic E-state index is 14.6. The summed E-state index contributed by atoms with van der Waals surface area (Å²) < 4.78 is 25.3. The number of aromatic nitrogens is 1. The molecule has 0 fully saturated rings. The second kappa shape index (κ2) is 11.4. The number of anilines is 1. The lowest BCUT2D eigenvalue weighted by Crippen LogP contribution is -2.46. The number of nitrogens with two attached hydrogens (primary N) is 1. The Labute approximate surface area is 234 Å². The first-order valence-corrected chi connectivity index (χ1v) is 13.8. The van der Waals surface area contributed by atoms with E-state index in [9.17, 15) is 18.8 Å². The number of pyridine rings is 1. The molecule has 0 bridgehead atoms. The normalized spacial score (nSPS) is 20.8. The molecule has 206 valence electrons. The number of hydrogen-bond acceptors (Lipinski definition) is 9. The highest BCUT2D eigenvalue weighted by molar-refractivity contribution is 7.10. The van der Waals surface area contributed by atoms with Crippen molar-refractivity contribution in [2.24, 2.45) is 11.7 Å². The number of carbonyl (C=O) groups is 3. The average Bonchev–Trinajstić information content (AvgIpc) is 3.48. The van der Waals surface area contributed by atoms with Gasteiger partial charge in [0, 0.05) is 34.5 Å². The van der Waals surface area contributed by atoms with Crippen molar-refractivity contribution in [3.63, 3.8) is 0 Å². The summed E-state index contributed by atoms with van der Waals surface area (Å²) in [6.45, 7) is 3.53. The Bertz CT molecular complexity index is 1500. The monoisotopic (exact) mass is 561 g/mol. The Balaban J connectivity index is 1.81. The van der Waals surface area contributed by atoms with Crippen molar-refractivity contribution in [2.45, 2.75) is 32.1 Å². The minimum absolute atomic E-state index is 0.0170. The van der Waals surface area contributed by atoms with E-state index < -0.39 is 41.3 Å². The maximum Gasteiger partial charge on any atom is 0.338 e. The van der Waals surface area contributed by atoms with E-state index in [1.165, 1.54) is 34.4 Å². The number of allylic oxidation sites excluding steroid dienone is 2. The average molecular weight is 562 g/mol. The van der Waals surface area contributed by atoms with Crippen molar-refractivity contribution in [3.8, 4) is 0 Å². The lowest BCUT2D eigenvalue weighted by atomic mass is 9.68. The van der Waals surface area contributed by atoms with Crippen LogP contribution in [0.3, 0.4) is 0 Å². The van der Waals surface area contributed by atoms with Gasteiger partial charge in [-0.25, -0.2) is 9.18 Å². The number of Topliss-reactive ketones (excluding diaryl/α,β-unsaturated/α-hetero) is 1. The van der Waals surface area contributed by atoms with Crippen molar-refractivity contribution in [3.05, 3.63) is 105 Å². The molecule has 0 unspecified atom stereocenters. The Kier molecular flexibility index (Phi) is 7.79. The Hall–Kier alpha value is -4.31. The second-order valence-corrected chi connectivity index (χ2v) is 10.3. The van der Waals surface area contributed by atoms with Crippen molar-refractivity contribution in [1.29, 1.82) is 0 Å². The predicted octanol–water partition coefficient (Wildman–Crippen LogP) is 4.81. The minimum atomic E-state index is -1.14. The number of rotatable bonds is 7. The fraction of sp³-hybridized carbons (Fsp3) is 0.267. The van der Waals surface area contributed by atoms with E-state index in [1.54, 1.807) is 44.4 Å². The molecule has 5 rings (SSSR count). The Morgan fingerprint density at radius 2 is 1.93 bits per heavy atom. The van der Waals surface area contributed by atoms with E-state index in [4.69, 9.17) is 15.2 Å². The van der Waals surface area contributed by atoms with Gasteiger partial charge in [-0.05, 0) is 61.5 Å². The van der Waals surface area contributed by atoms with Crippen LogP contribution in [-0.2, 0) is 23.9 Å². The van der Waals surface area contributed by atoms with E-state index in [1.807, 2.05) is 17.5 Å². The van der Waals surface area contributed by atoms with Gasteiger partial charge in [-0.2, -0.15) is 0 Å². The summed E-state index contributed by atoms with van der Waals surface area (Å²) in [6, 6.07) is 12.9. The second-order valence-electron chi connectivity index (χ2n) is 9.33. The largest absolute Gasteiger partial charge is 0.465 e. The zero-order valence-corrected chi connectivity index (χ0v) is 22.8. The van der Waals surface area contributed by atoms with Crippen LogP contribution in [0.4, 0.5) is 10.1 Å². The lowest BCUT2D eigenvalue weighted by Gasteiger charge is -2.43. The molecule has 1 aliphatic carbocycles. The van der Waals surface area contributed by atoms with Crippen molar-refractivity contribution < 1.29 is 28.2 Å². The molecule has 3 heterocycles. The van der Waals surface area contributed by atoms with E-state index in [-0.39, 0.29) is 36.6 Å². The third kappa shape index (κ3) is 4.79. The maximum absolute atomic E-state index is 14.6. The summed E-state index contributed by atoms with van der Waals surface area (Å²) in [7, 11) is 0. The summed E-state index contributed by atoms with van der Waals surface area (Å²) >= 11 is 1.43. The fourth-order valence-electron chi connectivity index (χ4n) is 5.50.